The molecule has 1 aliphatic heterocycles. The number of unbranched alkanes of at least 4 members (excludes halogenated alkanes) is 1. The fraction of sp³-hybridized carbons (Fsp3) is 0.571. The molecule has 2 nitrogen and oxygen atoms in total. The molecule has 1 aromatic rings. The summed E-state index contributed by atoms with van der Waals surface area (Å²) in [7, 11) is 2.17. The molecule has 2 N–H and O–H groups in total. The topological polar surface area (TPSA) is 29.3 Å². The Balaban J connectivity index is 2.00. The lowest BCUT2D eigenvalue weighted by Crippen LogP contribution is -2.19. The van der Waals surface area contributed by atoms with E-state index in [0.29, 0.717) is 0 Å². The summed E-state index contributed by atoms with van der Waals surface area (Å²) in [5.74, 6) is 1.28. The van der Waals surface area contributed by atoms with E-state index in [4.69, 9.17) is 5.73 Å². The highest BCUT2D eigenvalue weighted by atomic mass is 32.2. The van der Waals surface area contributed by atoms with Gasteiger partial charge in [0.2, 0.25) is 0 Å². The Kier molecular flexibility index (Phi) is 4.75. The van der Waals surface area contributed by atoms with Crippen LogP contribution in [-0.4, -0.2) is 25.9 Å². The molecule has 0 spiro atoms. The van der Waals surface area contributed by atoms with Crippen LogP contribution in [0.3, 0.4) is 0 Å². The molecular weight excluding hydrogens is 228 g/mol. The highest BCUT2D eigenvalue weighted by molar-refractivity contribution is 7.99. The van der Waals surface area contributed by atoms with E-state index in [2.05, 4.69) is 30.1 Å². The van der Waals surface area contributed by atoms with Crippen LogP contribution in [0.4, 0.5) is 5.69 Å². The smallest absolute Gasteiger partial charge is 0.0367 e. The summed E-state index contributed by atoms with van der Waals surface area (Å²) < 4.78 is 0. The molecule has 0 aliphatic carbocycles. The van der Waals surface area contributed by atoms with Crippen molar-refractivity contribution in [2.75, 3.05) is 30.8 Å². The molecule has 94 valence electrons. The fourth-order valence-corrected chi connectivity index (χ4v) is 3.23. The predicted molar refractivity (Wildman–Crippen MR) is 77.0 cm³/mol. The van der Waals surface area contributed by atoms with Crippen LogP contribution < -0.4 is 10.6 Å². The third kappa shape index (κ3) is 3.39. The van der Waals surface area contributed by atoms with Gasteiger partial charge in [-0.1, -0.05) is 0 Å². The summed E-state index contributed by atoms with van der Waals surface area (Å²) in [5.41, 5.74) is 8.41. The van der Waals surface area contributed by atoms with Gasteiger partial charge in [0.25, 0.3) is 0 Å². The van der Waals surface area contributed by atoms with Crippen LogP contribution in [0, 0.1) is 0 Å². The standard InChI is InChI=1S/C14H22N2S/c1-16(9-3-2-8-15)13-6-7-14-12(11-13)5-4-10-17-14/h6-7,11H,2-5,8-10,15H2,1H3. The van der Waals surface area contributed by atoms with Gasteiger partial charge in [-0.25, -0.2) is 0 Å². The van der Waals surface area contributed by atoms with Crippen molar-refractivity contribution in [3.05, 3.63) is 23.8 Å². The van der Waals surface area contributed by atoms with Gasteiger partial charge in [0.1, 0.15) is 0 Å². The van der Waals surface area contributed by atoms with Crippen molar-refractivity contribution >= 4 is 17.4 Å². The van der Waals surface area contributed by atoms with Gasteiger partial charge >= 0.3 is 0 Å². The number of hydrogen-bond donors (Lipinski definition) is 1. The molecule has 0 saturated heterocycles. The summed E-state index contributed by atoms with van der Waals surface area (Å²) in [6.45, 7) is 1.90. The third-order valence-electron chi connectivity index (χ3n) is 3.28. The van der Waals surface area contributed by atoms with Gasteiger partial charge in [-0.15, -0.1) is 11.8 Å². The van der Waals surface area contributed by atoms with Crippen molar-refractivity contribution in [3.8, 4) is 0 Å². The van der Waals surface area contributed by atoms with Crippen molar-refractivity contribution in [1.82, 2.24) is 0 Å². The first-order valence-electron chi connectivity index (χ1n) is 6.48. The number of hydrogen-bond acceptors (Lipinski definition) is 3. The van der Waals surface area contributed by atoms with E-state index in [-0.39, 0.29) is 0 Å². The molecule has 1 aromatic carbocycles. The van der Waals surface area contributed by atoms with Gasteiger partial charge in [-0.2, -0.15) is 0 Å². The highest BCUT2D eigenvalue weighted by Gasteiger charge is 2.11. The number of rotatable bonds is 5. The minimum Gasteiger partial charge on any atom is -0.375 e. The molecule has 0 amide bonds. The van der Waals surface area contributed by atoms with E-state index >= 15 is 0 Å². The van der Waals surface area contributed by atoms with E-state index in [1.165, 1.54) is 41.2 Å². The summed E-state index contributed by atoms with van der Waals surface area (Å²) in [5, 5.41) is 0. The molecule has 1 heterocycles. The maximum atomic E-state index is 5.52. The van der Waals surface area contributed by atoms with E-state index in [1.54, 1.807) is 0 Å². The van der Waals surface area contributed by atoms with Gasteiger partial charge in [0.05, 0.1) is 0 Å². The van der Waals surface area contributed by atoms with Crippen molar-refractivity contribution in [2.45, 2.75) is 30.6 Å². The summed E-state index contributed by atoms with van der Waals surface area (Å²) in [4.78, 5) is 3.82. The molecule has 0 unspecified atom stereocenters. The minimum atomic E-state index is 0.800. The van der Waals surface area contributed by atoms with Crippen LogP contribution in [0.1, 0.15) is 24.8 Å². The Morgan fingerprint density at radius 2 is 2.24 bits per heavy atom. The monoisotopic (exact) mass is 250 g/mol. The number of aryl methyl sites for hydroxylation is 1. The molecule has 0 fully saturated rings. The Morgan fingerprint density at radius 3 is 3.06 bits per heavy atom. The van der Waals surface area contributed by atoms with Crippen molar-refractivity contribution in [2.24, 2.45) is 5.73 Å². The molecule has 17 heavy (non-hydrogen) atoms. The minimum absolute atomic E-state index is 0.800. The zero-order valence-corrected chi connectivity index (χ0v) is 11.4. The van der Waals surface area contributed by atoms with E-state index < -0.39 is 0 Å². The molecule has 0 bridgehead atoms. The number of thioether (sulfide) groups is 1. The molecule has 2 rings (SSSR count). The first kappa shape index (κ1) is 12.8. The lowest BCUT2D eigenvalue weighted by atomic mass is 10.1. The third-order valence-corrected chi connectivity index (χ3v) is 4.48. The lowest BCUT2D eigenvalue weighted by molar-refractivity contribution is 0.727. The zero-order valence-electron chi connectivity index (χ0n) is 10.6. The van der Waals surface area contributed by atoms with Gasteiger partial charge in [-0.3, -0.25) is 0 Å². The zero-order chi connectivity index (χ0) is 12.1. The summed E-state index contributed by atoms with van der Waals surface area (Å²) in [6.07, 6.45) is 4.86. The predicted octanol–water partition coefficient (Wildman–Crippen LogP) is 2.90. The highest BCUT2D eigenvalue weighted by Crippen LogP contribution is 2.32. The molecule has 0 aromatic heterocycles. The maximum Gasteiger partial charge on any atom is 0.0367 e. The van der Waals surface area contributed by atoms with Crippen molar-refractivity contribution < 1.29 is 0 Å². The average molecular weight is 250 g/mol. The summed E-state index contributed by atoms with van der Waals surface area (Å²) >= 11 is 2.00. The van der Waals surface area contributed by atoms with Crippen LogP contribution in [0.15, 0.2) is 23.1 Å². The number of fused-ring (bicyclic) bond motifs is 1. The summed E-state index contributed by atoms with van der Waals surface area (Å²) in [6, 6.07) is 6.90. The van der Waals surface area contributed by atoms with Gasteiger partial charge in [0, 0.05) is 24.2 Å². The van der Waals surface area contributed by atoms with E-state index in [0.717, 1.165) is 19.5 Å². The van der Waals surface area contributed by atoms with Crippen molar-refractivity contribution in [3.63, 3.8) is 0 Å². The van der Waals surface area contributed by atoms with Crippen molar-refractivity contribution in [1.29, 1.82) is 0 Å². The largest absolute Gasteiger partial charge is 0.375 e. The molecule has 0 saturated carbocycles. The van der Waals surface area contributed by atoms with Crippen LogP contribution in [-0.2, 0) is 6.42 Å². The first-order valence-corrected chi connectivity index (χ1v) is 7.47. The SMILES string of the molecule is CN(CCCCN)c1ccc2c(c1)CCCS2. The van der Waals surface area contributed by atoms with Crippen LogP contribution in [0.25, 0.3) is 0 Å². The molecule has 3 heteroatoms. The molecule has 0 radical (unpaired) electrons. The Bertz CT molecular complexity index is 365. The number of nitrogens with zero attached hydrogens (tertiary/aromatic N) is 1. The number of nitrogens with two attached hydrogens (primary N) is 1. The second-order valence-electron chi connectivity index (χ2n) is 4.66. The van der Waals surface area contributed by atoms with Gasteiger partial charge < -0.3 is 10.6 Å². The first-order chi connectivity index (χ1) is 8.31. The second-order valence-corrected chi connectivity index (χ2v) is 5.80. The second kappa shape index (κ2) is 6.31. The molecule has 0 atom stereocenters. The Hall–Kier alpha value is -0.670. The van der Waals surface area contributed by atoms with Crippen LogP contribution in [0.2, 0.25) is 0 Å². The molecule has 1 aliphatic rings. The number of anilines is 1. The Morgan fingerprint density at radius 1 is 1.35 bits per heavy atom. The van der Waals surface area contributed by atoms with E-state index in [9.17, 15) is 0 Å². The number of benzene rings is 1. The molecular formula is C14H22N2S. The van der Waals surface area contributed by atoms with Crippen LogP contribution in [0.5, 0.6) is 0 Å². The van der Waals surface area contributed by atoms with Gasteiger partial charge in [0.15, 0.2) is 0 Å². The van der Waals surface area contributed by atoms with E-state index in [1.807, 2.05) is 11.8 Å². The average Bonchev–Trinajstić information content (AvgIpc) is 2.38. The van der Waals surface area contributed by atoms with Gasteiger partial charge in [-0.05, 0) is 61.7 Å². The Labute approximate surface area is 109 Å². The fourth-order valence-electron chi connectivity index (χ4n) is 2.21. The lowest BCUT2D eigenvalue weighted by Gasteiger charge is -2.22. The maximum absolute atomic E-state index is 5.52. The quantitative estimate of drug-likeness (QED) is 0.815. The van der Waals surface area contributed by atoms with Crippen LogP contribution >= 0.6 is 11.8 Å². The normalized spacial score (nSPS) is 14.5.